The van der Waals surface area contributed by atoms with Crippen molar-refractivity contribution in [3.05, 3.63) is 97.2 Å². The van der Waals surface area contributed by atoms with Crippen LogP contribution in [0, 0.1) is 0 Å². The maximum absolute atomic E-state index is 12.9. The van der Waals surface area contributed by atoms with E-state index < -0.39 is 12.1 Å². The summed E-state index contributed by atoms with van der Waals surface area (Å²) in [5.74, 6) is -1.03. The summed E-state index contributed by atoms with van der Waals surface area (Å²) < 4.78 is 16.8. The molecule has 0 rings (SSSR count). The van der Waals surface area contributed by atoms with Crippen molar-refractivity contribution < 1.29 is 28.6 Å². The highest BCUT2D eigenvalue weighted by Crippen LogP contribution is 2.17. The predicted octanol–water partition coefficient (Wildman–Crippen LogP) is 23.6. The third kappa shape index (κ3) is 65.1. The van der Waals surface area contributed by atoms with E-state index in [4.69, 9.17) is 14.2 Å². The van der Waals surface area contributed by atoms with Crippen molar-refractivity contribution in [2.75, 3.05) is 13.2 Å². The van der Waals surface area contributed by atoms with Crippen LogP contribution in [0.5, 0.6) is 0 Å². The summed E-state index contributed by atoms with van der Waals surface area (Å²) in [4.78, 5) is 38.3. The van der Waals surface area contributed by atoms with Crippen molar-refractivity contribution in [1.29, 1.82) is 0 Å². The number of allylic oxidation sites excluding steroid dienone is 15. The summed E-state index contributed by atoms with van der Waals surface area (Å²) in [6.45, 7) is 6.46. The average Bonchev–Trinajstić information content (AvgIpc) is 3.46. The molecule has 80 heavy (non-hydrogen) atoms. The van der Waals surface area contributed by atoms with Gasteiger partial charge in [-0.25, -0.2) is 0 Å². The van der Waals surface area contributed by atoms with E-state index in [0.717, 1.165) is 77.0 Å². The highest BCUT2D eigenvalue weighted by Gasteiger charge is 2.19. The molecule has 1 atom stereocenters. The number of carbonyl (C=O) groups is 3. The van der Waals surface area contributed by atoms with Crippen LogP contribution in [-0.2, 0) is 28.6 Å². The maximum Gasteiger partial charge on any atom is 0.309 e. The van der Waals surface area contributed by atoms with E-state index in [2.05, 4.69) is 106 Å². The molecule has 0 saturated heterocycles. The Balaban J connectivity index is 4.31. The predicted molar refractivity (Wildman–Crippen MR) is 348 cm³/mol. The fourth-order valence-corrected chi connectivity index (χ4v) is 9.72. The largest absolute Gasteiger partial charge is 0.462 e. The van der Waals surface area contributed by atoms with Crippen molar-refractivity contribution in [3.63, 3.8) is 0 Å². The first-order chi connectivity index (χ1) is 39.5. The third-order valence-electron chi connectivity index (χ3n) is 14.8. The summed E-state index contributed by atoms with van der Waals surface area (Å²) in [6, 6.07) is 0. The molecular formula is C74H128O6. The molecule has 0 bridgehead atoms. The number of hydrogen-bond donors (Lipinski definition) is 0. The second-order valence-corrected chi connectivity index (χ2v) is 22.7. The molecule has 460 valence electrons. The molecule has 1 unspecified atom stereocenters. The van der Waals surface area contributed by atoms with Crippen molar-refractivity contribution in [1.82, 2.24) is 0 Å². The fraction of sp³-hybridized carbons (Fsp3) is 0.743. The SMILES string of the molecule is CC/C=C\C/C=C\C/C=C\C/C=C\C/C=C\CC(=O)OCC(COC(=O)CCCCCCCCCCCCCCCCCCC/C=C\C/C=C\CCCCCCC)OC(=O)CCCCCCCCC/C=C\CCCCCCCCC. The lowest BCUT2D eigenvalue weighted by atomic mass is 10.0. The molecule has 0 amide bonds. The number of hydrogen-bond acceptors (Lipinski definition) is 6. The van der Waals surface area contributed by atoms with Crippen molar-refractivity contribution >= 4 is 17.9 Å². The van der Waals surface area contributed by atoms with Gasteiger partial charge in [-0.3, -0.25) is 14.4 Å². The third-order valence-corrected chi connectivity index (χ3v) is 14.8. The van der Waals surface area contributed by atoms with Crippen LogP contribution in [0.25, 0.3) is 0 Å². The molecule has 0 aromatic heterocycles. The Morgan fingerprint density at radius 3 is 0.887 bits per heavy atom. The first-order valence-corrected chi connectivity index (χ1v) is 34.2. The lowest BCUT2D eigenvalue weighted by Crippen LogP contribution is -2.30. The Morgan fingerprint density at radius 2 is 0.537 bits per heavy atom. The number of esters is 3. The number of carbonyl (C=O) groups excluding carboxylic acids is 3. The van der Waals surface area contributed by atoms with Gasteiger partial charge in [0, 0.05) is 12.8 Å². The summed E-state index contributed by atoms with van der Waals surface area (Å²) >= 11 is 0. The van der Waals surface area contributed by atoms with Crippen LogP contribution >= 0.6 is 0 Å². The van der Waals surface area contributed by atoms with Crippen LogP contribution in [-0.4, -0.2) is 37.2 Å². The lowest BCUT2D eigenvalue weighted by Gasteiger charge is -2.18. The van der Waals surface area contributed by atoms with E-state index >= 15 is 0 Å². The Labute approximate surface area is 496 Å². The Kier molecular flexibility index (Phi) is 64.7. The lowest BCUT2D eigenvalue weighted by molar-refractivity contribution is -0.166. The second kappa shape index (κ2) is 67.8. The molecule has 0 radical (unpaired) electrons. The second-order valence-electron chi connectivity index (χ2n) is 22.7. The highest BCUT2D eigenvalue weighted by molar-refractivity contribution is 5.72. The van der Waals surface area contributed by atoms with Gasteiger partial charge in [0.05, 0.1) is 6.42 Å². The van der Waals surface area contributed by atoms with Crippen LogP contribution in [0.15, 0.2) is 97.2 Å². The van der Waals surface area contributed by atoms with Crippen molar-refractivity contribution in [2.45, 2.75) is 341 Å². The summed E-state index contributed by atoms with van der Waals surface area (Å²) in [5, 5.41) is 0. The minimum Gasteiger partial charge on any atom is -0.462 e. The summed E-state index contributed by atoms with van der Waals surface area (Å²) in [6.07, 6.45) is 91.8. The zero-order chi connectivity index (χ0) is 57.8. The van der Waals surface area contributed by atoms with Gasteiger partial charge in [-0.1, -0.05) is 311 Å². The van der Waals surface area contributed by atoms with E-state index in [1.54, 1.807) is 6.08 Å². The molecule has 0 aliphatic carbocycles. The zero-order valence-corrected chi connectivity index (χ0v) is 52.8. The standard InChI is InChI=1S/C74H128O6/c1-4-7-10-13-16-19-22-25-28-30-32-33-34-35-36-37-38-39-40-41-42-44-46-49-52-55-58-61-64-67-73(76)79-70-71(69-78-72(75)66-63-60-57-54-51-48-45-27-24-21-18-15-12-9-6-3)80-74(77)68-65-62-59-56-53-50-47-43-31-29-26-23-20-17-14-11-8-5-2/h9,12,18,21-22,25,27,29-32,45,51,54,60,63,71H,4-8,10-11,13-17,19-20,23-24,26,28,33-44,46-50,52-53,55-59,61-62,64-70H2,1-3H3/b12-9-,21-18-,25-22-,31-29-,32-30-,45-27-,54-51-,63-60-. The summed E-state index contributed by atoms with van der Waals surface area (Å²) in [7, 11) is 0. The van der Waals surface area contributed by atoms with Gasteiger partial charge in [-0.15, -0.1) is 0 Å². The molecule has 6 heteroatoms. The normalized spacial score (nSPS) is 12.7. The molecule has 0 aliphatic heterocycles. The van der Waals surface area contributed by atoms with Gasteiger partial charge in [0.15, 0.2) is 6.10 Å². The molecule has 0 N–H and O–H groups in total. The number of rotatable bonds is 62. The van der Waals surface area contributed by atoms with E-state index in [-0.39, 0.29) is 31.6 Å². The van der Waals surface area contributed by atoms with Gasteiger partial charge < -0.3 is 14.2 Å². The molecule has 0 spiro atoms. The molecule has 0 aromatic carbocycles. The Hall–Kier alpha value is -3.67. The van der Waals surface area contributed by atoms with Crippen molar-refractivity contribution in [3.8, 4) is 0 Å². The van der Waals surface area contributed by atoms with E-state index in [9.17, 15) is 14.4 Å². The van der Waals surface area contributed by atoms with Gasteiger partial charge in [-0.05, 0) is 103 Å². The first kappa shape index (κ1) is 76.3. The number of ether oxygens (including phenoxy) is 3. The minimum atomic E-state index is -0.821. The van der Waals surface area contributed by atoms with Crippen molar-refractivity contribution in [2.24, 2.45) is 0 Å². The molecule has 0 aliphatic rings. The Morgan fingerprint density at radius 1 is 0.275 bits per heavy atom. The number of unbranched alkanes of at least 4 members (excludes halogenated alkanes) is 36. The molecule has 0 aromatic rings. The molecular weight excluding hydrogens is 985 g/mol. The van der Waals surface area contributed by atoms with Gasteiger partial charge in [-0.2, -0.15) is 0 Å². The van der Waals surface area contributed by atoms with E-state index in [0.29, 0.717) is 12.8 Å². The van der Waals surface area contributed by atoms with E-state index in [1.807, 2.05) is 6.08 Å². The van der Waals surface area contributed by atoms with Gasteiger partial charge in [0.2, 0.25) is 0 Å². The smallest absolute Gasteiger partial charge is 0.309 e. The quantitative estimate of drug-likeness (QED) is 0.0261. The fourth-order valence-electron chi connectivity index (χ4n) is 9.72. The van der Waals surface area contributed by atoms with Gasteiger partial charge in [0.1, 0.15) is 13.2 Å². The van der Waals surface area contributed by atoms with Crippen LogP contribution in [0.2, 0.25) is 0 Å². The Bertz CT molecular complexity index is 1560. The maximum atomic E-state index is 12.9. The van der Waals surface area contributed by atoms with E-state index in [1.165, 1.54) is 218 Å². The first-order valence-electron chi connectivity index (χ1n) is 34.2. The molecule has 0 saturated carbocycles. The van der Waals surface area contributed by atoms with Gasteiger partial charge >= 0.3 is 17.9 Å². The zero-order valence-electron chi connectivity index (χ0n) is 52.8. The monoisotopic (exact) mass is 1110 g/mol. The van der Waals surface area contributed by atoms with Crippen LogP contribution in [0.4, 0.5) is 0 Å². The van der Waals surface area contributed by atoms with Crippen LogP contribution in [0.1, 0.15) is 335 Å². The topological polar surface area (TPSA) is 78.9 Å². The van der Waals surface area contributed by atoms with Gasteiger partial charge in [0.25, 0.3) is 0 Å². The molecule has 0 heterocycles. The van der Waals surface area contributed by atoms with Crippen LogP contribution < -0.4 is 0 Å². The average molecular weight is 1110 g/mol. The summed E-state index contributed by atoms with van der Waals surface area (Å²) in [5.41, 5.74) is 0. The molecule has 6 nitrogen and oxygen atoms in total. The van der Waals surface area contributed by atoms with Crippen LogP contribution in [0.3, 0.4) is 0 Å². The highest BCUT2D eigenvalue weighted by atomic mass is 16.6. The molecule has 0 fully saturated rings. The minimum absolute atomic E-state index is 0.107.